The Balaban J connectivity index is 3.71. The fourth-order valence-corrected chi connectivity index (χ4v) is 1.04. The van der Waals surface area contributed by atoms with Crippen molar-refractivity contribution < 1.29 is 0 Å². The largest absolute Gasteiger partial charge is 0.370 e. The number of guanidine groups is 1. The molecule has 0 fully saturated rings. The SMILES string of the molecule is CCCN(CCC(C)C)C(=N)N. The Hall–Kier alpha value is -0.730. The molecule has 0 amide bonds. The van der Waals surface area contributed by atoms with E-state index in [2.05, 4.69) is 20.8 Å². The van der Waals surface area contributed by atoms with Crippen molar-refractivity contribution in [2.75, 3.05) is 13.1 Å². The van der Waals surface area contributed by atoms with Crippen molar-refractivity contribution in [2.24, 2.45) is 11.7 Å². The Morgan fingerprint density at radius 3 is 2.33 bits per heavy atom. The molecule has 0 aliphatic rings. The van der Waals surface area contributed by atoms with E-state index >= 15 is 0 Å². The number of rotatable bonds is 5. The van der Waals surface area contributed by atoms with Gasteiger partial charge in [0, 0.05) is 13.1 Å². The van der Waals surface area contributed by atoms with E-state index in [4.69, 9.17) is 11.1 Å². The van der Waals surface area contributed by atoms with E-state index in [0.717, 1.165) is 25.9 Å². The van der Waals surface area contributed by atoms with Crippen LogP contribution < -0.4 is 5.73 Å². The Bertz CT molecular complexity index is 132. The number of nitrogens with zero attached hydrogens (tertiary/aromatic N) is 1. The first kappa shape index (κ1) is 11.3. The van der Waals surface area contributed by atoms with Gasteiger partial charge in [0.15, 0.2) is 5.96 Å². The van der Waals surface area contributed by atoms with Crippen molar-refractivity contribution >= 4 is 5.96 Å². The second-order valence-electron chi connectivity index (χ2n) is 3.55. The van der Waals surface area contributed by atoms with Crippen LogP contribution in [0.15, 0.2) is 0 Å². The van der Waals surface area contributed by atoms with Gasteiger partial charge in [0.05, 0.1) is 0 Å². The van der Waals surface area contributed by atoms with Gasteiger partial charge in [-0.25, -0.2) is 0 Å². The van der Waals surface area contributed by atoms with Crippen molar-refractivity contribution in [2.45, 2.75) is 33.6 Å². The lowest BCUT2D eigenvalue weighted by Crippen LogP contribution is -2.38. The molecule has 0 unspecified atom stereocenters. The maximum absolute atomic E-state index is 7.30. The third-order valence-corrected chi connectivity index (χ3v) is 1.81. The van der Waals surface area contributed by atoms with E-state index in [-0.39, 0.29) is 5.96 Å². The van der Waals surface area contributed by atoms with Crippen molar-refractivity contribution in [3.05, 3.63) is 0 Å². The molecule has 72 valence electrons. The van der Waals surface area contributed by atoms with Gasteiger partial charge in [-0.1, -0.05) is 20.8 Å². The van der Waals surface area contributed by atoms with Gasteiger partial charge in [-0.2, -0.15) is 0 Å². The van der Waals surface area contributed by atoms with Crippen molar-refractivity contribution in [3.63, 3.8) is 0 Å². The quantitative estimate of drug-likeness (QED) is 0.488. The third kappa shape index (κ3) is 4.99. The molecule has 0 aromatic heterocycles. The summed E-state index contributed by atoms with van der Waals surface area (Å²) >= 11 is 0. The average molecular weight is 171 g/mol. The molecular weight excluding hydrogens is 150 g/mol. The van der Waals surface area contributed by atoms with E-state index in [1.807, 2.05) is 4.90 Å². The van der Waals surface area contributed by atoms with Crippen LogP contribution in [-0.4, -0.2) is 23.9 Å². The lowest BCUT2D eigenvalue weighted by atomic mass is 10.1. The Labute approximate surface area is 75.4 Å². The van der Waals surface area contributed by atoms with Crippen LogP contribution >= 0.6 is 0 Å². The molecule has 0 spiro atoms. The van der Waals surface area contributed by atoms with Crippen LogP contribution in [0.5, 0.6) is 0 Å². The van der Waals surface area contributed by atoms with Crippen LogP contribution in [0.25, 0.3) is 0 Å². The van der Waals surface area contributed by atoms with Crippen molar-refractivity contribution in [3.8, 4) is 0 Å². The molecular formula is C9H21N3. The molecule has 0 atom stereocenters. The molecule has 0 saturated heterocycles. The summed E-state index contributed by atoms with van der Waals surface area (Å²) in [6.45, 7) is 8.29. The molecule has 0 aromatic carbocycles. The molecule has 12 heavy (non-hydrogen) atoms. The lowest BCUT2D eigenvalue weighted by molar-refractivity contribution is 0.374. The second kappa shape index (κ2) is 5.86. The van der Waals surface area contributed by atoms with Crippen LogP contribution in [0.2, 0.25) is 0 Å². The van der Waals surface area contributed by atoms with E-state index in [9.17, 15) is 0 Å². The topological polar surface area (TPSA) is 53.1 Å². The van der Waals surface area contributed by atoms with Crippen LogP contribution in [-0.2, 0) is 0 Å². The highest BCUT2D eigenvalue weighted by Gasteiger charge is 2.05. The van der Waals surface area contributed by atoms with Crippen molar-refractivity contribution in [1.29, 1.82) is 5.41 Å². The zero-order chi connectivity index (χ0) is 9.56. The number of hydrogen-bond acceptors (Lipinski definition) is 1. The van der Waals surface area contributed by atoms with Crippen LogP contribution in [0.1, 0.15) is 33.6 Å². The van der Waals surface area contributed by atoms with Gasteiger partial charge >= 0.3 is 0 Å². The predicted octanol–water partition coefficient (Wildman–Crippen LogP) is 1.64. The lowest BCUT2D eigenvalue weighted by Gasteiger charge is -2.22. The first-order valence-electron chi connectivity index (χ1n) is 4.66. The van der Waals surface area contributed by atoms with Gasteiger partial charge in [-0.15, -0.1) is 0 Å². The maximum Gasteiger partial charge on any atom is 0.188 e. The third-order valence-electron chi connectivity index (χ3n) is 1.81. The summed E-state index contributed by atoms with van der Waals surface area (Å²) in [5, 5.41) is 7.30. The Morgan fingerprint density at radius 2 is 2.00 bits per heavy atom. The van der Waals surface area contributed by atoms with Crippen LogP contribution in [0, 0.1) is 11.3 Å². The summed E-state index contributed by atoms with van der Waals surface area (Å²) in [5.41, 5.74) is 5.42. The highest BCUT2D eigenvalue weighted by atomic mass is 15.2. The highest BCUT2D eigenvalue weighted by Crippen LogP contribution is 2.01. The van der Waals surface area contributed by atoms with E-state index in [1.165, 1.54) is 0 Å². The summed E-state index contributed by atoms with van der Waals surface area (Å²) < 4.78 is 0. The zero-order valence-corrected chi connectivity index (χ0v) is 8.43. The Kier molecular flexibility index (Phi) is 5.51. The van der Waals surface area contributed by atoms with E-state index < -0.39 is 0 Å². The minimum atomic E-state index is 0.206. The zero-order valence-electron chi connectivity index (χ0n) is 8.43. The van der Waals surface area contributed by atoms with Gasteiger partial charge in [-0.3, -0.25) is 5.41 Å². The summed E-state index contributed by atoms with van der Waals surface area (Å²) in [7, 11) is 0. The van der Waals surface area contributed by atoms with Crippen LogP contribution in [0.4, 0.5) is 0 Å². The molecule has 0 heterocycles. The van der Waals surface area contributed by atoms with Crippen molar-refractivity contribution in [1.82, 2.24) is 4.90 Å². The number of hydrogen-bond donors (Lipinski definition) is 2. The predicted molar refractivity (Wildman–Crippen MR) is 53.2 cm³/mol. The van der Waals surface area contributed by atoms with E-state index in [0.29, 0.717) is 5.92 Å². The highest BCUT2D eigenvalue weighted by molar-refractivity contribution is 5.74. The van der Waals surface area contributed by atoms with Gasteiger partial charge in [0.25, 0.3) is 0 Å². The minimum Gasteiger partial charge on any atom is -0.370 e. The van der Waals surface area contributed by atoms with Gasteiger partial charge in [-0.05, 0) is 18.8 Å². The first-order valence-corrected chi connectivity index (χ1v) is 4.66. The Morgan fingerprint density at radius 1 is 1.42 bits per heavy atom. The molecule has 3 heteroatoms. The summed E-state index contributed by atoms with van der Waals surface area (Å²) in [6, 6.07) is 0. The summed E-state index contributed by atoms with van der Waals surface area (Å²) in [5.74, 6) is 0.890. The molecule has 0 bridgehead atoms. The second-order valence-corrected chi connectivity index (χ2v) is 3.55. The molecule has 0 saturated carbocycles. The monoisotopic (exact) mass is 171 g/mol. The fraction of sp³-hybridized carbons (Fsp3) is 0.889. The van der Waals surface area contributed by atoms with Gasteiger partial charge < -0.3 is 10.6 Å². The average Bonchev–Trinajstić information content (AvgIpc) is 1.96. The first-order chi connectivity index (χ1) is 5.57. The van der Waals surface area contributed by atoms with Crippen LogP contribution in [0.3, 0.4) is 0 Å². The van der Waals surface area contributed by atoms with E-state index in [1.54, 1.807) is 0 Å². The smallest absolute Gasteiger partial charge is 0.188 e. The maximum atomic E-state index is 7.30. The number of nitrogens with two attached hydrogens (primary N) is 1. The fourth-order valence-electron chi connectivity index (χ4n) is 1.04. The van der Waals surface area contributed by atoms with Gasteiger partial charge in [0.2, 0.25) is 0 Å². The standard InChI is InChI=1S/C9H21N3/c1-4-6-12(9(10)11)7-5-8(2)3/h8H,4-7H2,1-3H3,(H3,10,11). The molecule has 3 nitrogen and oxygen atoms in total. The molecule has 3 N–H and O–H groups in total. The molecule has 0 radical (unpaired) electrons. The summed E-state index contributed by atoms with van der Waals surface area (Å²) in [4.78, 5) is 1.93. The number of nitrogens with one attached hydrogen (secondary N) is 1. The molecule has 0 aliphatic carbocycles. The molecule has 0 aromatic rings. The normalized spacial score (nSPS) is 10.3. The van der Waals surface area contributed by atoms with Gasteiger partial charge in [0.1, 0.15) is 0 Å². The molecule has 0 aliphatic heterocycles. The summed E-state index contributed by atoms with van der Waals surface area (Å²) in [6.07, 6.45) is 2.16. The minimum absolute atomic E-state index is 0.206. The molecule has 0 rings (SSSR count).